The molecule has 1 aromatic heterocycles. The first-order valence-corrected chi connectivity index (χ1v) is 7.84. The highest BCUT2D eigenvalue weighted by Gasteiger charge is 2.16. The number of hydrogen-bond donors (Lipinski definition) is 1. The molecule has 0 amide bonds. The van der Waals surface area contributed by atoms with Crippen LogP contribution in [0.15, 0.2) is 42.6 Å². The number of anilines is 1. The first-order valence-electron chi connectivity index (χ1n) is 7.84. The lowest BCUT2D eigenvalue weighted by Gasteiger charge is -2.30. The standard InChI is InChI=1S/C18H23N3/c1-2-9-19-13-17-12-18(7-10-20-17)21-11-8-15-5-3-4-6-16(15)14-21/h3-7,10,12,19H,2,8-9,11,13-14H2,1H3. The van der Waals surface area contributed by atoms with Crippen LogP contribution in [0.2, 0.25) is 0 Å². The molecule has 0 saturated carbocycles. The second kappa shape index (κ2) is 6.72. The van der Waals surface area contributed by atoms with Crippen LogP contribution >= 0.6 is 0 Å². The van der Waals surface area contributed by atoms with Crippen molar-refractivity contribution in [1.82, 2.24) is 10.3 Å². The van der Waals surface area contributed by atoms with Gasteiger partial charge in [0.25, 0.3) is 0 Å². The fourth-order valence-electron chi connectivity index (χ4n) is 2.87. The van der Waals surface area contributed by atoms with Gasteiger partial charge in [-0.2, -0.15) is 0 Å². The van der Waals surface area contributed by atoms with Crippen LogP contribution in [0.1, 0.15) is 30.2 Å². The Morgan fingerprint density at radius 1 is 1.19 bits per heavy atom. The molecule has 3 rings (SSSR count). The van der Waals surface area contributed by atoms with Crippen LogP contribution in [0.25, 0.3) is 0 Å². The second-order valence-corrected chi connectivity index (χ2v) is 5.62. The van der Waals surface area contributed by atoms with Gasteiger partial charge in [-0.3, -0.25) is 4.98 Å². The van der Waals surface area contributed by atoms with E-state index in [-0.39, 0.29) is 0 Å². The van der Waals surface area contributed by atoms with E-state index in [0.29, 0.717) is 0 Å². The molecule has 0 unspecified atom stereocenters. The van der Waals surface area contributed by atoms with E-state index in [2.05, 4.69) is 58.5 Å². The van der Waals surface area contributed by atoms with Crippen molar-refractivity contribution >= 4 is 5.69 Å². The van der Waals surface area contributed by atoms with E-state index in [4.69, 9.17) is 0 Å². The molecule has 1 aliphatic rings. The van der Waals surface area contributed by atoms with Crippen molar-refractivity contribution in [2.75, 3.05) is 18.0 Å². The Balaban J connectivity index is 1.71. The Bertz CT molecular complexity index is 595. The molecule has 2 aromatic rings. The SMILES string of the molecule is CCCNCc1cc(N2CCc3ccccc3C2)ccn1. The zero-order valence-corrected chi connectivity index (χ0v) is 12.7. The molecule has 2 heterocycles. The van der Waals surface area contributed by atoms with Gasteiger partial charge in [0.05, 0.1) is 5.69 Å². The monoisotopic (exact) mass is 281 g/mol. The third-order valence-electron chi connectivity index (χ3n) is 4.03. The van der Waals surface area contributed by atoms with E-state index in [0.717, 1.165) is 44.7 Å². The molecule has 0 atom stereocenters. The van der Waals surface area contributed by atoms with Gasteiger partial charge in [0, 0.05) is 31.5 Å². The molecule has 1 N–H and O–H groups in total. The lowest BCUT2D eigenvalue weighted by atomic mass is 9.99. The lowest BCUT2D eigenvalue weighted by molar-refractivity contribution is 0.663. The minimum absolute atomic E-state index is 0.853. The van der Waals surface area contributed by atoms with Crippen molar-refractivity contribution in [3.05, 3.63) is 59.4 Å². The van der Waals surface area contributed by atoms with E-state index >= 15 is 0 Å². The van der Waals surface area contributed by atoms with Crippen molar-refractivity contribution < 1.29 is 0 Å². The fourth-order valence-corrected chi connectivity index (χ4v) is 2.87. The van der Waals surface area contributed by atoms with Crippen molar-refractivity contribution in [2.24, 2.45) is 0 Å². The molecule has 0 saturated heterocycles. The van der Waals surface area contributed by atoms with Crippen LogP contribution in [-0.4, -0.2) is 18.1 Å². The number of rotatable bonds is 5. The molecule has 0 spiro atoms. The number of hydrogen-bond acceptors (Lipinski definition) is 3. The average molecular weight is 281 g/mol. The Kier molecular flexibility index (Phi) is 4.51. The number of benzene rings is 1. The van der Waals surface area contributed by atoms with Gasteiger partial charge in [0.15, 0.2) is 0 Å². The van der Waals surface area contributed by atoms with Crippen LogP contribution in [0.5, 0.6) is 0 Å². The molecule has 110 valence electrons. The van der Waals surface area contributed by atoms with Crippen LogP contribution in [0.4, 0.5) is 5.69 Å². The predicted molar refractivity (Wildman–Crippen MR) is 87.4 cm³/mol. The van der Waals surface area contributed by atoms with Crippen molar-refractivity contribution in [1.29, 1.82) is 0 Å². The van der Waals surface area contributed by atoms with Crippen LogP contribution in [-0.2, 0) is 19.5 Å². The maximum absolute atomic E-state index is 4.46. The Labute approximate surface area is 127 Å². The number of pyridine rings is 1. The van der Waals surface area contributed by atoms with Gasteiger partial charge in [-0.1, -0.05) is 31.2 Å². The third kappa shape index (κ3) is 3.42. The molecule has 3 nitrogen and oxygen atoms in total. The molecule has 0 fully saturated rings. The normalized spacial score (nSPS) is 14.0. The summed E-state index contributed by atoms with van der Waals surface area (Å²) in [6, 6.07) is 13.1. The Morgan fingerprint density at radius 2 is 2.05 bits per heavy atom. The summed E-state index contributed by atoms with van der Waals surface area (Å²) in [7, 11) is 0. The van der Waals surface area contributed by atoms with Gasteiger partial charge >= 0.3 is 0 Å². The molecule has 0 aliphatic carbocycles. The summed E-state index contributed by atoms with van der Waals surface area (Å²) in [6.07, 6.45) is 4.21. The lowest BCUT2D eigenvalue weighted by Crippen LogP contribution is -2.30. The van der Waals surface area contributed by atoms with E-state index in [1.807, 2.05) is 6.20 Å². The minimum Gasteiger partial charge on any atom is -0.367 e. The molecule has 0 bridgehead atoms. The van der Waals surface area contributed by atoms with Crippen molar-refractivity contribution in [2.45, 2.75) is 32.9 Å². The van der Waals surface area contributed by atoms with Gasteiger partial charge in [0.2, 0.25) is 0 Å². The predicted octanol–water partition coefficient (Wildman–Crippen LogP) is 3.14. The number of nitrogens with one attached hydrogen (secondary N) is 1. The molecule has 1 aromatic carbocycles. The van der Waals surface area contributed by atoms with E-state index < -0.39 is 0 Å². The average Bonchev–Trinajstić information content (AvgIpc) is 2.55. The summed E-state index contributed by atoms with van der Waals surface area (Å²) in [5.41, 5.74) is 5.35. The molecule has 1 aliphatic heterocycles. The summed E-state index contributed by atoms with van der Waals surface area (Å²) in [5, 5.41) is 3.42. The van der Waals surface area contributed by atoms with E-state index in [1.165, 1.54) is 16.8 Å². The first-order chi connectivity index (χ1) is 10.4. The van der Waals surface area contributed by atoms with Gasteiger partial charge < -0.3 is 10.2 Å². The first kappa shape index (κ1) is 14.1. The molecule has 21 heavy (non-hydrogen) atoms. The summed E-state index contributed by atoms with van der Waals surface area (Å²) in [4.78, 5) is 6.91. The zero-order valence-electron chi connectivity index (χ0n) is 12.7. The van der Waals surface area contributed by atoms with Crippen molar-refractivity contribution in [3.8, 4) is 0 Å². The summed E-state index contributed by atoms with van der Waals surface area (Å²) >= 11 is 0. The maximum Gasteiger partial charge on any atom is 0.0562 e. The molecule has 3 heteroatoms. The summed E-state index contributed by atoms with van der Waals surface area (Å²) in [6.45, 7) is 6.17. The topological polar surface area (TPSA) is 28.2 Å². The Hall–Kier alpha value is -1.87. The van der Waals surface area contributed by atoms with Crippen LogP contribution in [0, 0.1) is 0 Å². The minimum atomic E-state index is 0.853. The highest BCUT2D eigenvalue weighted by Crippen LogP contribution is 2.24. The second-order valence-electron chi connectivity index (χ2n) is 5.62. The summed E-state index contributed by atoms with van der Waals surface area (Å²) < 4.78 is 0. The van der Waals surface area contributed by atoms with E-state index in [9.17, 15) is 0 Å². The Morgan fingerprint density at radius 3 is 2.90 bits per heavy atom. The highest BCUT2D eigenvalue weighted by atomic mass is 15.1. The van der Waals surface area contributed by atoms with E-state index in [1.54, 1.807) is 0 Å². The van der Waals surface area contributed by atoms with Gasteiger partial charge in [0.1, 0.15) is 0 Å². The fraction of sp³-hybridized carbons (Fsp3) is 0.389. The summed E-state index contributed by atoms with van der Waals surface area (Å²) in [5.74, 6) is 0. The number of nitrogens with zero attached hydrogens (tertiary/aromatic N) is 2. The molecule has 0 radical (unpaired) electrons. The van der Waals surface area contributed by atoms with Crippen LogP contribution < -0.4 is 10.2 Å². The highest BCUT2D eigenvalue weighted by molar-refractivity contribution is 5.49. The largest absolute Gasteiger partial charge is 0.367 e. The third-order valence-corrected chi connectivity index (χ3v) is 4.03. The molecular weight excluding hydrogens is 258 g/mol. The van der Waals surface area contributed by atoms with Gasteiger partial charge in [-0.15, -0.1) is 0 Å². The van der Waals surface area contributed by atoms with Crippen LogP contribution in [0.3, 0.4) is 0 Å². The quantitative estimate of drug-likeness (QED) is 0.853. The molecular formula is C18H23N3. The zero-order chi connectivity index (χ0) is 14.5. The van der Waals surface area contributed by atoms with Gasteiger partial charge in [-0.25, -0.2) is 0 Å². The maximum atomic E-state index is 4.46. The number of fused-ring (bicyclic) bond motifs is 1. The van der Waals surface area contributed by atoms with Crippen molar-refractivity contribution in [3.63, 3.8) is 0 Å². The van der Waals surface area contributed by atoms with Gasteiger partial charge in [-0.05, 0) is 42.6 Å². The smallest absolute Gasteiger partial charge is 0.0562 e. The number of aromatic nitrogens is 1.